The molecule has 0 aliphatic heterocycles. The lowest BCUT2D eigenvalue weighted by Crippen LogP contribution is -2.37. The highest BCUT2D eigenvalue weighted by Crippen LogP contribution is 2.31. The van der Waals surface area contributed by atoms with Crippen LogP contribution < -0.4 is 4.74 Å². The highest BCUT2D eigenvalue weighted by molar-refractivity contribution is 6.12. The molecule has 0 N–H and O–H groups in total. The van der Waals surface area contributed by atoms with Gasteiger partial charge in [0.05, 0.1) is 12.5 Å². The molecule has 0 saturated carbocycles. The Morgan fingerprint density at radius 2 is 1.61 bits per heavy atom. The third-order valence-electron chi connectivity index (χ3n) is 4.89. The van der Waals surface area contributed by atoms with Crippen LogP contribution in [0.3, 0.4) is 0 Å². The molecule has 0 fully saturated rings. The first-order valence-corrected chi connectivity index (χ1v) is 9.51. The summed E-state index contributed by atoms with van der Waals surface area (Å²) >= 11 is 0. The molecule has 1 atom stereocenters. The molecule has 1 aromatic carbocycles. The Morgan fingerprint density at radius 1 is 1.00 bits per heavy atom. The first kappa shape index (κ1) is 23.5. The average molecular weight is 390 g/mol. The van der Waals surface area contributed by atoms with Crippen LogP contribution in [0.2, 0.25) is 0 Å². The number of rotatable bonds is 11. The number of ketones is 1. The largest absolute Gasteiger partial charge is 0.468 e. The van der Waals surface area contributed by atoms with Crippen LogP contribution >= 0.6 is 0 Å². The summed E-state index contributed by atoms with van der Waals surface area (Å²) in [6.07, 6.45) is 3.43. The standard InChI is InChI=1S/C22H30O6/c1-6-13-22(4,20(26)27-5)18(24)16-9-11-17(12-10-16)28-19(25)21(2,3)14-7-8-15-23/h9-12,15H,6-8,13-14H2,1-5H3. The van der Waals surface area contributed by atoms with Gasteiger partial charge < -0.3 is 14.3 Å². The third-order valence-corrected chi connectivity index (χ3v) is 4.89. The molecule has 0 aliphatic carbocycles. The van der Waals surface area contributed by atoms with E-state index in [4.69, 9.17) is 9.47 Å². The minimum absolute atomic E-state index is 0.320. The van der Waals surface area contributed by atoms with Crippen LogP contribution in [0, 0.1) is 10.8 Å². The second kappa shape index (κ2) is 10.2. The average Bonchev–Trinajstić information content (AvgIpc) is 2.67. The van der Waals surface area contributed by atoms with Crippen LogP contribution in [0.15, 0.2) is 24.3 Å². The maximum absolute atomic E-state index is 12.9. The van der Waals surface area contributed by atoms with E-state index in [9.17, 15) is 19.2 Å². The van der Waals surface area contributed by atoms with Crippen molar-refractivity contribution in [3.63, 3.8) is 0 Å². The maximum atomic E-state index is 12.9. The van der Waals surface area contributed by atoms with Crippen LogP contribution in [-0.2, 0) is 19.1 Å². The molecule has 6 nitrogen and oxygen atoms in total. The van der Waals surface area contributed by atoms with E-state index in [1.54, 1.807) is 32.9 Å². The van der Waals surface area contributed by atoms with E-state index in [-0.39, 0.29) is 5.78 Å². The Balaban J connectivity index is 2.90. The van der Waals surface area contributed by atoms with Crippen LogP contribution in [0.25, 0.3) is 0 Å². The van der Waals surface area contributed by atoms with Crippen LogP contribution in [0.4, 0.5) is 0 Å². The number of hydrogen-bond acceptors (Lipinski definition) is 6. The van der Waals surface area contributed by atoms with Crippen LogP contribution in [0.1, 0.15) is 70.2 Å². The third kappa shape index (κ3) is 5.75. The van der Waals surface area contributed by atoms with Gasteiger partial charge >= 0.3 is 11.9 Å². The van der Waals surface area contributed by atoms with Crippen molar-refractivity contribution >= 4 is 24.0 Å². The number of carbonyl (C=O) groups excluding carboxylic acids is 4. The number of unbranched alkanes of at least 4 members (excludes halogenated alkanes) is 1. The normalized spacial score (nSPS) is 13.3. The fourth-order valence-electron chi connectivity index (χ4n) is 3.00. The zero-order valence-corrected chi connectivity index (χ0v) is 17.4. The van der Waals surface area contributed by atoms with Gasteiger partial charge in [-0.05, 0) is 64.3 Å². The van der Waals surface area contributed by atoms with Gasteiger partial charge in [0.15, 0.2) is 5.78 Å². The lowest BCUT2D eigenvalue weighted by atomic mass is 9.78. The molecule has 154 valence electrons. The molecule has 0 heterocycles. The van der Waals surface area contributed by atoms with Gasteiger partial charge in [0, 0.05) is 12.0 Å². The first-order chi connectivity index (χ1) is 13.1. The Bertz CT molecular complexity index is 704. The molecule has 1 aromatic rings. The van der Waals surface area contributed by atoms with Gasteiger partial charge in [-0.2, -0.15) is 0 Å². The van der Waals surface area contributed by atoms with Crippen LogP contribution in [0.5, 0.6) is 5.75 Å². The van der Waals surface area contributed by atoms with Gasteiger partial charge in [-0.25, -0.2) is 0 Å². The van der Waals surface area contributed by atoms with E-state index >= 15 is 0 Å². The molecule has 0 bridgehead atoms. The van der Waals surface area contributed by atoms with Crippen molar-refractivity contribution in [3.8, 4) is 5.75 Å². The molecule has 0 radical (unpaired) electrons. The monoisotopic (exact) mass is 390 g/mol. The fraction of sp³-hybridized carbons (Fsp3) is 0.545. The summed E-state index contributed by atoms with van der Waals surface area (Å²) < 4.78 is 10.2. The van der Waals surface area contributed by atoms with Gasteiger partial charge in [-0.3, -0.25) is 14.4 Å². The number of esters is 2. The van der Waals surface area contributed by atoms with Crippen molar-refractivity contribution in [2.45, 2.75) is 59.8 Å². The second-order valence-corrected chi connectivity index (χ2v) is 7.76. The molecule has 6 heteroatoms. The molecule has 0 aromatic heterocycles. The quantitative estimate of drug-likeness (QED) is 0.141. The second-order valence-electron chi connectivity index (χ2n) is 7.76. The van der Waals surface area contributed by atoms with Gasteiger partial charge in [0.1, 0.15) is 17.5 Å². The molecule has 0 amide bonds. The molecule has 0 aliphatic rings. The number of hydrogen-bond donors (Lipinski definition) is 0. The summed E-state index contributed by atoms with van der Waals surface area (Å²) in [5.74, 6) is -0.969. The number of Topliss-reactive ketones (excluding diaryl/α,β-unsaturated/α-hetero) is 1. The molecule has 0 saturated heterocycles. The minimum Gasteiger partial charge on any atom is -0.468 e. The molecule has 28 heavy (non-hydrogen) atoms. The summed E-state index contributed by atoms with van der Waals surface area (Å²) in [7, 11) is 1.27. The summed E-state index contributed by atoms with van der Waals surface area (Å²) in [4.78, 5) is 47.8. The lowest BCUT2D eigenvalue weighted by molar-refractivity contribution is -0.149. The van der Waals surface area contributed by atoms with E-state index in [1.165, 1.54) is 19.2 Å². The SMILES string of the molecule is CCCC(C)(C(=O)OC)C(=O)c1ccc(OC(=O)C(C)(C)CCCC=O)cc1. The van der Waals surface area contributed by atoms with E-state index in [1.807, 2.05) is 6.92 Å². The van der Waals surface area contributed by atoms with Crippen molar-refractivity contribution in [2.24, 2.45) is 10.8 Å². The van der Waals surface area contributed by atoms with Gasteiger partial charge in [-0.1, -0.05) is 13.3 Å². The first-order valence-electron chi connectivity index (χ1n) is 9.51. The highest BCUT2D eigenvalue weighted by atomic mass is 16.5. The van der Waals surface area contributed by atoms with Crippen molar-refractivity contribution in [1.29, 1.82) is 0 Å². The maximum Gasteiger partial charge on any atom is 0.319 e. The van der Waals surface area contributed by atoms with Gasteiger partial charge in [-0.15, -0.1) is 0 Å². The van der Waals surface area contributed by atoms with Gasteiger partial charge in [0.25, 0.3) is 0 Å². The lowest BCUT2D eigenvalue weighted by Gasteiger charge is -2.25. The molecule has 1 rings (SSSR count). The number of benzene rings is 1. The topological polar surface area (TPSA) is 86.7 Å². The van der Waals surface area contributed by atoms with E-state index in [2.05, 4.69) is 0 Å². The summed E-state index contributed by atoms with van der Waals surface area (Å²) in [6, 6.07) is 6.16. The number of ether oxygens (including phenoxy) is 2. The van der Waals surface area contributed by atoms with E-state index in [0.717, 1.165) is 6.29 Å². The van der Waals surface area contributed by atoms with Crippen molar-refractivity contribution < 1.29 is 28.7 Å². The van der Waals surface area contributed by atoms with Crippen molar-refractivity contribution in [1.82, 2.24) is 0 Å². The summed E-state index contributed by atoms with van der Waals surface area (Å²) in [5, 5.41) is 0. The van der Waals surface area contributed by atoms with Crippen molar-refractivity contribution in [2.75, 3.05) is 7.11 Å². The Morgan fingerprint density at radius 3 is 2.11 bits per heavy atom. The predicted octanol–water partition coefficient (Wildman–Crippen LogP) is 4.15. The molecular weight excluding hydrogens is 360 g/mol. The molecular formula is C22H30O6. The fourth-order valence-corrected chi connectivity index (χ4v) is 3.00. The molecule has 0 spiro atoms. The highest BCUT2D eigenvalue weighted by Gasteiger charge is 2.41. The van der Waals surface area contributed by atoms with Crippen molar-refractivity contribution in [3.05, 3.63) is 29.8 Å². The van der Waals surface area contributed by atoms with E-state index < -0.39 is 22.8 Å². The Kier molecular flexibility index (Phi) is 8.54. The Labute approximate surface area is 166 Å². The Hall–Kier alpha value is -2.50. The number of aldehydes is 1. The van der Waals surface area contributed by atoms with Crippen LogP contribution in [-0.4, -0.2) is 31.1 Å². The molecule has 1 unspecified atom stereocenters. The summed E-state index contributed by atoms with van der Waals surface area (Å²) in [6.45, 7) is 7.02. The van der Waals surface area contributed by atoms with E-state index in [0.29, 0.717) is 43.4 Å². The number of carbonyl (C=O) groups is 4. The predicted molar refractivity (Wildman–Crippen MR) is 105 cm³/mol. The zero-order chi connectivity index (χ0) is 21.4. The van der Waals surface area contributed by atoms with Gasteiger partial charge in [0.2, 0.25) is 0 Å². The minimum atomic E-state index is -1.25. The number of methoxy groups -OCH3 is 1. The summed E-state index contributed by atoms with van der Waals surface area (Å²) in [5.41, 5.74) is -1.61. The zero-order valence-electron chi connectivity index (χ0n) is 17.4. The smallest absolute Gasteiger partial charge is 0.319 e.